The number of rotatable bonds is 12. The van der Waals surface area contributed by atoms with Gasteiger partial charge >= 0.3 is 0 Å². The van der Waals surface area contributed by atoms with Gasteiger partial charge in [0.05, 0.1) is 19.1 Å². The van der Waals surface area contributed by atoms with Crippen molar-refractivity contribution in [3.63, 3.8) is 0 Å². The van der Waals surface area contributed by atoms with Gasteiger partial charge in [0.1, 0.15) is 18.3 Å². The van der Waals surface area contributed by atoms with Crippen molar-refractivity contribution in [1.82, 2.24) is 10.2 Å². The van der Waals surface area contributed by atoms with Crippen molar-refractivity contribution in [3.8, 4) is 5.75 Å². The molecule has 0 aliphatic rings. The van der Waals surface area contributed by atoms with Gasteiger partial charge in [-0.2, -0.15) is 0 Å². The third-order valence-electron chi connectivity index (χ3n) is 5.71. The van der Waals surface area contributed by atoms with Crippen LogP contribution in [0.2, 0.25) is 10.0 Å². The molecule has 0 aliphatic carbocycles. The molecule has 0 fully saturated rings. The number of sulfonamides is 1. The number of ether oxygens (including phenoxy) is 1. The molecule has 0 aliphatic heterocycles. The van der Waals surface area contributed by atoms with Gasteiger partial charge in [-0.1, -0.05) is 49.2 Å². The first-order chi connectivity index (χ1) is 16.9. The Morgan fingerprint density at radius 1 is 1.03 bits per heavy atom. The Balaban J connectivity index is 2.46. The number of nitrogens with zero attached hydrogens (tertiary/aromatic N) is 2. The van der Waals surface area contributed by atoms with Crippen LogP contribution in [0.4, 0.5) is 5.69 Å². The van der Waals surface area contributed by atoms with E-state index in [2.05, 4.69) is 5.32 Å². The number of methoxy groups -OCH3 is 1. The third-order valence-corrected chi connectivity index (χ3v) is 7.29. The summed E-state index contributed by atoms with van der Waals surface area (Å²) in [4.78, 5) is 28.2. The topological polar surface area (TPSA) is 96.0 Å². The predicted octanol–water partition coefficient (Wildman–Crippen LogP) is 4.49. The second-order valence-corrected chi connectivity index (χ2v) is 11.3. The maximum Gasteiger partial charge on any atom is 0.244 e. The van der Waals surface area contributed by atoms with Crippen molar-refractivity contribution in [3.05, 3.63) is 58.1 Å². The minimum Gasteiger partial charge on any atom is -0.497 e. The Hall–Kier alpha value is -2.49. The van der Waals surface area contributed by atoms with Gasteiger partial charge in [-0.25, -0.2) is 8.42 Å². The zero-order valence-electron chi connectivity index (χ0n) is 21.1. The van der Waals surface area contributed by atoms with E-state index in [1.807, 2.05) is 13.8 Å². The highest BCUT2D eigenvalue weighted by Crippen LogP contribution is 2.27. The van der Waals surface area contributed by atoms with Crippen LogP contribution < -0.4 is 14.4 Å². The minimum atomic E-state index is -3.89. The molecule has 2 aromatic rings. The molecule has 0 saturated heterocycles. The van der Waals surface area contributed by atoms with Crippen molar-refractivity contribution < 1.29 is 22.7 Å². The number of anilines is 1. The molecule has 36 heavy (non-hydrogen) atoms. The molecule has 0 heterocycles. The van der Waals surface area contributed by atoms with Gasteiger partial charge < -0.3 is 15.0 Å². The van der Waals surface area contributed by atoms with Crippen LogP contribution in [0.25, 0.3) is 0 Å². The molecule has 198 valence electrons. The molecule has 0 bridgehead atoms. The van der Waals surface area contributed by atoms with Crippen LogP contribution in [0.5, 0.6) is 5.75 Å². The Morgan fingerprint density at radius 2 is 1.61 bits per heavy atom. The molecule has 11 heteroatoms. The van der Waals surface area contributed by atoms with Crippen LogP contribution in [0, 0.1) is 0 Å². The average molecular weight is 559 g/mol. The quantitative estimate of drug-likeness (QED) is 0.414. The standard InChI is InChI=1S/C25H33Cl2N3O5S/c1-6-17(3)28-25(32)23(7-2)29(15-18-8-10-22(35-4)11-9-18)24(31)16-30(36(5,33)34)21-13-19(26)12-20(27)14-21/h8-14,17,23H,6-7,15-16H2,1-5H3,(H,28,32)/t17-,23+/m0/s1. The Kier molecular flexibility index (Phi) is 10.9. The van der Waals surface area contributed by atoms with E-state index in [1.165, 1.54) is 23.1 Å². The van der Waals surface area contributed by atoms with Crippen LogP contribution in [0.15, 0.2) is 42.5 Å². The summed E-state index contributed by atoms with van der Waals surface area (Å²) >= 11 is 12.2. The summed E-state index contributed by atoms with van der Waals surface area (Å²) in [5.74, 6) is -0.192. The summed E-state index contributed by atoms with van der Waals surface area (Å²) in [7, 11) is -2.33. The molecule has 2 rings (SSSR count). The molecule has 0 radical (unpaired) electrons. The summed E-state index contributed by atoms with van der Waals surface area (Å²) in [6, 6.07) is 10.5. The first-order valence-corrected chi connectivity index (χ1v) is 14.2. The summed E-state index contributed by atoms with van der Waals surface area (Å²) < 4.78 is 31.5. The fourth-order valence-electron chi connectivity index (χ4n) is 3.59. The number of halogens is 2. The Morgan fingerprint density at radius 3 is 2.08 bits per heavy atom. The molecule has 0 spiro atoms. The first kappa shape index (κ1) is 29.7. The first-order valence-electron chi connectivity index (χ1n) is 11.6. The van der Waals surface area contributed by atoms with E-state index in [0.717, 1.165) is 22.5 Å². The van der Waals surface area contributed by atoms with Gasteiger partial charge in [-0.3, -0.25) is 13.9 Å². The van der Waals surface area contributed by atoms with E-state index < -0.39 is 28.5 Å². The maximum absolute atomic E-state index is 13.7. The predicted molar refractivity (Wildman–Crippen MR) is 144 cm³/mol. The molecule has 0 unspecified atom stereocenters. The van der Waals surface area contributed by atoms with Gasteiger partial charge in [0.15, 0.2) is 0 Å². The van der Waals surface area contributed by atoms with Gasteiger partial charge in [-0.05, 0) is 55.7 Å². The van der Waals surface area contributed by atoms with Crippen LogP contribution in [-0.4, -0.2) is 57.1 Å². The van der Waals surface area contributed by atoms with Gasteiger partial charge in [0.25, 0.3) is 0 Å². The number of amides is 2. The van der Waals surface area contributed by atoms with Crippen molar-refractivity contribution in [2.24, 2.45) is 0 Å². The Bertz CT molecular complexity index is 1140. The van der Waals surface area contributed by atoms with Crippen LogP contribution in [0.3, 0.4) is 0 Å². The zero-order chi connectivity index (χ0) is 27.0. The third kappa shape index (κ3) is 8.28. The molecular weight excluding hydrogens is 525 g/mol. The minimum absolute atomic E-state index is 0.0781. The normalized spacial score (nSPS) is 13.0. The lowest BCUT2D eigenvalue weighted by molar-refractivity contribution is -0.140. The van der Waals surface area contributed by atoms with E-state index in [4.69, 9.17) is 27.9 Å². The van der Waals surface area contributed by atoms with E-state index in [0.29, 0.717) is 12.2 Å². The molecule has 2 aromatic carbocycles. The Labute approximate surface area is 223 Å². The number of carbonyl (C=O) groups excluding carboxylic acids is 2. The molecular formula is C25H33Cl2N3O5S. The molecule has 2 atom stereocenters. The monoisotopic (exact) mass is 557 g/mol. The lowest BCUT2D eigenvalue weighted by Gasteiger charge is -2.33. The van der Waals surface area contributed by atoms with Crippen LogP contribution in [0.1, 0.15) is 39.2 Å². The number of nitrogens with one attached hydrogen (secondary N) is 1. The fraction of sp³-hybridized carbons (Fsp3) is 0.440. The highest BCUT2D eigenvalue weighted by Gasteiger charge is 2.32. The number of benzene rings is 2. The summed E-state index contributed by atoms with van der Waals surface area (Å²) in [6.45, 7) is 5.21. The lowest BCUT2D eigenvalue weighted by atomic mass is 10.1. The second-order valence-electron chi connectivity index (χ2n) is 8.51. The second kappa shape index (κ2) is 13.2. The molecule has 1 N–H and O–H groups in total. The fourth-order valence-corrected chi connectivity index (χ4v) is 4.93. The highest BCUT2D eigenvalue weighted by atomic mass is 35.5. The van der Waals surface area contributed by atoms with E-state index in [1.54, 1.807) is 38.3 Å². The van der Waals surface area contributed by atoms with E-state index in [-0.39, 0.29) is 34.2 Å². The summed E-state index contributed by atoms with van der Waals surface area (Å²) in [5, 5.41) is 3.39. The molecule has 2 amide bonds. The number of hydrogen-bond acceptors (Lipinski definition) is 5. The van der Waals surface area contributed by atoms with Crippen LogP contribution >= 0.6 is 23.2 Å². The lowest BCUT2D eigenvalue weighted by Crippen LogP contribution is -2.53. The highest BCUT2D eigenvalue weighted by molar-refractivity contribution is 7.92. The molecule has 0 saturated carbocycles. The summed E-state index contributed by atoms with van der Waals surface area (Å²) in [6.07, 6.45) is 2.06. The molecule has 0 aromatic heterocycles. The van der Waals surface area contributed by atoms with Crippen molar-refractivity contribution in [2.75, 3.05) is 24.2 Å². The van der Waals surface area contributed by atoms with E-state index in [9.17, 15) is 18.0 Å². The van der Waals surface area contributed by atoms with E-state index >= 15 is 0 Å². The number of hydrogen-bond donors (Lipinski definition) is 1. The SMILES string of the molecule is CC[C@H](C(=O)N[C@@H](C)CC)N(Cc1ccc(OC)cc1)C(=O)CN(c1cc(Cl)cc(Cl)c1)S(C)(=O)=O. The summed E-state index contributed by atoms with van der Waals surface area (Å²) in [5.41, 5.74) is 0.917. The average Bonchev–Trinajstić information content (AvgIpc) is 2.81. The number of carbonyl (C=O) groups is 2. The van der Waals surface area contributed by atoms with Crippen molar-refractivity contribution >= 4 is 50.7 Å². The smallest absolute Gasteiger partial charge is 0.244 e. The van der Waals surface area contributed by atoms with Gasteiger partial charge in [0, 0.05) is 22.6 Å². The molecule has 8 nitrogen and oxygen atoms in total. The zero-order valence-corrected chi connectivity index (χ0v) is 23.5. The van der Waals surface area contributed by atoms with Crippen molar-refractivity contribution in [2.45, 2.75) is 52.2 Å². The van der Waals surface area contributed by atoms with Crippen molar-refractivity contribution in [1.29, 1.82) is 0 Å². The van der Waals surface area contributed by atoms with Gasteiger partial charge in [-0.15, -0.1) is 0 Å². The van der Waals surface area contributed by atoms with Gasteiger partial charge in [0.2, 0.25) is 21.8 Å². The van der Waals surface area contributed by atoms with Crippen LogP contribution in [-0.2, 0) is 26.2 Å². The maximum atomic E-state index is 13.7. The largest absolute Gasteiger partial charge is 0.497 e.